The minimum Gasteiger partial charge on any atom is -0.454 e. The zero-order valence-corrected chi connectivity index (χ0v) is 26.3. The van der Waals surface area contributed by atoms with Gasteiger partial charge >= 0.3 is 0 Å². The first kappa shape index (κ1) is 30.5. The third-order valence-electron chi connectivity index (χ3n) is 8.02. The van der Waals surface area contributed by atoms with Gasteiger partial charge in [0.25, 0.3) is 11.5 Å². The molecule has 1 aromatic heterocycles. The Bertz CT molecular complexity index is 1730. The average Bonchev–Trinajstić information content (AvgIpc) is 3.52. The molecular weight excluding hydrogens is 590 g/mol. The number of nitrogens with zero attached hydrogens (tertiary/aromatic N) is 4. The van der Waals surface area contributed by atoms with Crippen molar-refractivity contribution in [3.05, 3.63) is 88.2 Å². The molecule has 1 fully saturated rings. The molecule has 6 rings (SSSR count). The lowest BCUT2D eigenvalue weighted by atomic mass is 10.1. The number of nitrogens with one attached hydrogen (secondary N) is 1. The molecule has 0 unspecified atom stereocenters. The summed E-state index contributed by atoms with van der Waals surface area (Å²) in [6.07, 6.45) is 0.894. The van der Waals surface area contributed by atoms with Gasteiger partial charge in [0.1, 0.15) is 0 Å². The van der Waals surface area contributed by atoms with Crippen LogP contribution in [-0.4, -0.2) is 71.5 Å². The highest BCUT2D eigenvalue weighted by atomic mass is 32.2. The van der Waals surface area contributed by atoms with E-state index in [-0.39, 0.29) is 36.5 Å². The van der Waals surface area contributed by atoms with Crippen molar-refractivity contribution in [1.29, 1.82) is 0 Å². The lowest BCUT2D eigenvalue weighted by Gasteiger charge is -2.36. The van der Waals surface area contributed by atoms with Crippen molar-refractivity contribution >= 4 is 40.2 Å². The van der Waals surface area contributed by atoms with E-state index < -0.39 is 0 Å². The Morgan fingerprint density at radius 1 is 0.956 bits per heavy atom. The molecule has 2 aliphatic rings. The molecule has 11 heteroatoms. The highest BCUT2D eigenvalue weighted by Crippen LogP contribution is 2.35. The first-order valence-corrected chi connectivity index (χ1v) is 16.3. The fourth-order valence-electron chi connectivity index (χ4n) is 5.45. The normalized spacial score (nSPS) is 14.3. The maximum atomic E-state index is 13.8. The van der Waals surface area contributed by atoms with E-state index in [2.05, 4.69) is 36.2 Å². The second-order valence-corrected chi connectivity index (χ2v) is 12.6. The number of amides is 2. The van der Waals surface area contributed by atoms with Gasteiger partial charge in [0.15, 0.2) is 16.7 Å². The van der Waals surface area contributed by atoms with Crippen LogP contribution in [0.15, 0.2) is 76.7 Å². The minimum absolute atomic E-state index is 0.00500. The highest BCUT2D eigenvalue weighted by Gasteiger charge is 2.23. The van der Waals surface area contributed by atoms with Gasteiger partial charge in [-0.2, -0.15) is 0 Å². The van der Waals surface area contributed by atoms with Gasteiger partial charge in [-0.1, -0.05) is 55.9 Å². The smallest absolute Gasteiger partial charge is 0.262 e. The maximum absolute atomic E-state index is 13.8. The number of benzene rings is 3. The molecule has 0 spiro atoms. The lowest BCUT2D eigenvalue weighted by molar-refractivity contribution is -0.118. The molecule has 0 radical (unpaired) electrons. The number of ether oxygens (including phenoxy) is 2. The van der Waals surface area contributed by atoms with Gasteiger partial charge in [-0.15, -0.1) is 0 Å². The Morgan fingerprint density at radius 3 is 2.38 bits per heavy atom. The zero-order chi connectivity index (χ0) is 31.3. The Labute approximate surface area is 266 Å². The van der Waals surface area contributed by atoms with E-state index in [0.29, 0.717) is 58.7 Å². The number of carbonyl (C=O) groups is 2. The third-order valence-corrected chi connectivity index (χ3v) is 9.00. The number of para-hydroxylation sites is 1. The summed E-state index contributed by atoms with van der Waals surface area (Å²) in [7, 11) is 0. The van der Waals surface area contributed by atoms with E-state index in [1.54, 1.807) is 16.7 Å². The van der Waals surface area contributed by atoms with Crippen molar-refractivity contribution in [2.75, 3.05) is 50.2 Å². The molecule has 3 heterocycles. The van der Waals surface area contributed by atoms with Gasteiger partial charge in [0, 0.05) is 50.0 Å². The van der Waals surface area contributed by atoms with E-state index in [9.17, 15) is 14.4 Å². The van der Waals surface area contributed by atoms with Gasteiger partial charge in [0.05, 0.1) is 23.2 Å². The van der Waals surface area contributed by atoms with Gasteiger partial charge < -0.3 is 24.6 Å². The quantitative estimate of drug-likeness (QED) is 0.204. The molecule has 45 heavy (non-hydrogen) atoms. The molecule has 10 nitrogen and oxygen atoms in total. The van der Waals surface area contributed by atoms with Crippen molar-refractivity contribution in [2.24, 2.45) is 5.92 Å². The standard InChI is InChI=1S/C34H37N5O5S/c1-23(2)12-13-35-31(40)21-45-34-36-28-19-30-29(43-22-44-30)18-27(28)33(42)39(34)20-24-8-10-25(11-9-24)32(41)38-16-14-37(15-17-38)26-6-4-3-5-7-26/h3-11,18-19,23H,12-17,20-22H2,1-2H3,(H,35,40). The maximum Gasteiger partial charge on any atom is 0.262 e. The second kappa shape index (κ2) is 13.6. The fourth-order valence-corrected chi connectivity index (χ4v) is 6.27. The molecule has 1 saturated heterocycles. The Balaban J connectivity index is 1.18. The minimum atomic E-state index is -0.238. The molecular formula is C34H37N5O5S. The topological polar surface area (TPSA) is 106 Å². The summed E-state index contributed by atoms with van der Waals surface area (Å²) in [5.74, 6) is 1.55. The number of aromatic nitrogens is 2. The summed E-state index contributed by atoms with van der Waals surface area (Å²) >= 11 is 1.22. The predicted octanol–water partition coefficient (Wildman–Crippen LogP) is 4.39. The molecule has 234 valence electrons. The van der Waals surface area contributed by atoms with Crippen LogP contribution >= 0.6 is 11.8 Å². The van der Waals surface area contributed by atoms with Crippen LogP contribution in [0.3, 0.4) is 0 Å². The number of rotatable bonds is 10. The monoisotopic (exact) mass is 627 g/mol. The zero-order valence-electron chi connectivity index (χ0n) is 25.5. The van der Waals surface area contributed by atoms with Crippen LogP contribution in [0.2, 0.25) is 0 Å². The van der Waals surface area contributed by atoms with Gasteiger partial charge in [0.2, 0.25) is 12.7 Å². The number of carbonyl (C=O) groups excluding carboxylic acids is 2. The third kappa shape index (κ3) is 7.09. The van der Waals surface area contributed by atoms with Crippen molar-refractivity contribution in [3.8, 4) is 11.5 Å². The van der Waals surface area contributed by atoms with Gasteiger partial charge in [-0.25, -0.2) is 4.98 Å². The molecule has 0 saturated carbocycles. The van der Waals surface area contributed by atoms with Crippen LogP contribution in [0.5, 0.6) is 11.5 Å². The van der Waals surface area contributed by atoms with Gasteiger partial charge in [-0.05, 0) is 48.2 Å². The fraction of sp³-hybridized carbons (Fsp3) is 0.353. The van der Waals surface area contributed by atoms with Gasteiger partial charge in [-0.3, -0.25) is 19.0 Å². The molecule has 0 aliphatic carbocycles. The molecule has 0 bridgehead atoms. The van der Waals surface area contributed by atoms with Crippen molar-refractivity contribution in [2.45, 2.75) is 32.0 Å². The van der Waals surface area contributed by atoms with Crippen LogP contribution in [0.1, 0.15) is 36.2 Å². The van der Waals surface area contributed by atoms with Crippen molar-refractivity contribution in [1.82, 2.24) is 19.8 Å². The molecule has 2 amide bonds. The number of hydrogen-bond acceptors (Lipinski definition) is 8. The van der Waals surface area contributed by atoms with E-state index in [1.165, 1.54) is 17.4 Å². The predicted molar refractivity (Wildman–Crippen MR) is 175 cm³/mol. The molecule has 1 N–H and O–H groups in total. The van der Waals surface area contributed by atoms with Crippen molar-refractivity contribution < 1.29 is 19.1 Å². The van der Waals surface area contributed by atoms with E-state index >= 15 is 0 Å². The molecule has 0 atom stereocenters. The number of fused-ring (bicyclic) bond motifs is 2. The summed E-state index contributed by atoms with van der Waals surface area (Å²) in [5.41, 5.74) is 2.86. The lowest BCUT2D eigenvalue weighted by Crippen LogP contribution is -2.48. The second-order valence-electron chi connectivity index (χ2n) is 11.6. The Kier molecular flexibility index (Phi) is 9.25. The largest absolute Gasteiger partial charge is 0.454 e. The van der Waals surface area contributed by atoms with Crippen molar-refractivity contribution in [3.63, 3.8) is 0 Å². The van der Waals surface area contributed by atoms with E-state index in [1.807, 2.05) is 47.4 Å². The van der Waals surface area contributed by atoms with Crippen LogP contribution < -0.4 is 25.2 Å². The average molecular weight is 628 g/mol. The Hall–Kier alpha value is -4.51. The molecule has 2 aliphatic heterocycles. The Morgan fingerprint density at radius 2 is 1.67 bits per heavy atom. The molecule has 4 aromatic rings. The van der Waals surface area contributed by atoms with Crippen LogP contribution in [0.4, 0.5) is 5.69 Å². The number of piperazine rings is 1. The van der Waals surface area contributed by atoms with Crippen LogP contribution in [-0.2, 0) is 11.3 Å². The number of hydrogen-bond donors (Lipinski definition) is 1. The summed E-state index contributed by atoms with van der Waals surface area (Å²) in [6.45, 7) is 8.01. The van der Waals surface area contributed by atoms with E-state index in [0.717, 1.165) is 25.1 Å². The SMILES string of the molecule is CC(C)CCNC(=O)CSc1nc2cc3c(cc2c(=O)n1Cc1ccc(C(=O)N2CCN(c4ccccc4)CC2)cc1)OCO3. The summed E-state index contributed by atoms with van der Waals surface area (Å²) in [5, 5.41) is 3.78. The first-order chi connectivity index (χ1) is 21.9. The van der Waals surface area contributed by atoms with E-state index in [4.69, 9.17) is 14.5 Å². The molecule has 3 aromatic carbocycles. The highest BCUT2D eigenvalue weighted by molar-refractivity contribution is 7.99. The summed E-state index contributed by atoms with van der Waals surface area (Å²) < 4.78 is 12.6. The van der Waals surface area contributed by atoms with Crippen LogP contribution in [0, 0.1) is 5.92 Å². The summed E-state index contributed by atoms with van der Waals surface area (Å²) in [4.78, 5) is 48.6. The first-order valence-electron chi connectivity index (χ1n) is 15.3. The van der Waals surface area contributed by atoms with Crippen LogP contribution in [0.25, 0.3) is 10.9 Å². The number of thioether (sulfide) groups is 1. The number of anilines is 1. The summed E-state index contributed by atoms with van der Waals surface area (Å²) in [6, 6.07) is 21.0.